The molecule has 3 rings (SSSR count). The molecule has 0 saturated heterocycles. The molecule has 0 aliphatic heterocycles. The molecule has 0 atom stereocenters. The van der Waals surface area contributed by atoms with Crippen LogP contribution in [0.5, 0.6) is 0 Å². The molecule has 0 saturated carbocycles. The fourth-order valence-corrected chi connectivity index (χ4v) is 2.86. The second-order valence-corrected chi connectivity index (χ2v) is 5.88. The zero-order valence-corrected chi connectivity index (χ0v) is 14.0. The van der Waals surface area contributed by atoms with E-state index in [1.54, 1.807) is 19.1 Å². The van der Waals surface area contributed by atoms with E-state index in [9.17, 15) is 14.9 Å². The van der Waals surface area contributed by atoms with E-state index in [0.717, 1.165) is 17.0 Å². The number of pyridine rings is 1. The van der Waals surface area contributed by atoms with Gasteiger partial charge >= 0.3 is 0 Å². The van der Waals surface area contributed by atoms with Gasteiger partial charge in [0, 0.05) is 35.6 Å². The molecule has 1 aromatic carbocycles. The molecular formula is C18H18N4O3. The van der Waals surface area contributed by atoms with Crippen LogP contribution in [0, 0.1) is 24.0 Å². The lowest BCUT2D eigenvalue weighted by Gasteiger charge is -2.07. The molecule has 128 valence electrons. The van der Waals surface area contributed by atoms with Crippen LogP contribution in [-0.4, -0.2) is 20.2 Å². The highest BCUT2D eigenvalue weighted by Crippen LogP contribution is 2.22. The zero-order valence-electron chi connectivity index (χ0n) is 14.0. The summed E-state index contributed by atoms with van der Waals surface area (Å²) in [6.45, 7) is 3.58. The van der Waals surface area contributed by atoms with Crippen molar-refractivity contribution in [2.75, 3.05) is 5.32 Å². The summed E-state index contributed by atoms with van der Waals surface area (Å²) < 4.78 is 1.98. The molecule has 3 aromatic rings. The van der Waals surface area contributed by atoms with Crippen molar-refractivity contribution in [1.29, 1.82) is 0 Å². The van der Waals surface area contributed by atoms with Crippen molar-refractivity contribution in [3.05, 3.63) is 69.7 Å². The van der Waals surface area contributed by atoms with Crippen molar-refractivity contribution < 1.29 is 9.72 Å². The molecule has 0 radical (unpaired) electrons. The Morgan fingerprint density at radius 3 is 2.80 bits per heavy atom. The number of hydrogen-bond donors (Lipinski definition) is 1. The summed E-state index contributed by atoms with van der Waals surface area (Å²) in [5, 5.41) is 13.6. The summed E-state index contributed by atoms with van der Waals surface area (Å²) in [4.78, 5) is 27.1. The molecule has 1 amide bonds. The van der Waals surface area contributed by atoms with Gasteiger partial charge in [-0.1, -0.05) is 6.07 Å². The minimum atomic E-state index is -0.436. The minimum absolute atomic E-state index is 0.0411. The smallest absolute Gasteiger partial charge is 0.272 e. The number of fused-ring (bicyclic) bond motifs is 1. The molecule has 2 aromatic heterocycles. The van der Waals surface area contributed by atoms with Crippen LogP contribution in [0.25, 0.3) is 5.65 Å². The van der Waals surface area contributed by atoms with E-state index in [1.807, 2.05) is 35.7 Å². The predicted octanol–water partition coefficient (Wildman–Crippen LogP) is 3.43. The van der Waals surface area contributed by atoms with Crippen LogP contribution < -0.4 is 5.32 Å². The largest absolute Gasteiger partial charge is 0.326 e. The lowest BCUT2D eigenvalue weighted by Crippen LogP contribution is -2.13. The monoisotopic (exact) mass is 338 g/mol. The number of nitro groups is 1. The Kier molecular flexibility index (Phi) is 4.47. The van der Waals surface area contributed by atoms with Gasteiger partial charge in [-0.25, -0.2) is 4.98 Å². The van der Waals surface area contributed by atoms with Gasteiger partial charge in [-0.15, -0.1) is 0 Å². The lowest BCUT2D eigenvalue weighted by atomic mass is 10.1. The van der Waals surface area contributed by atoms with E-state index < -0.39 is 4.92 Å². The van der Waals surface area contributed by atoms with Crippen molar-refractivity contribution in [1.82, 2.24) is 9.38 Å². The molecule has 7 heteroatoms. The molecule has 0 unspecified atom stereocenters. The average Bonchev–Trinajstić information content (AvgIpc) is 2.88. The fourth-order valence-electron chi connectivity index (χ4n) is 2.86. The van der Waals surface area contributed by atoms with E-state index in [0.29, 0.717) is 24.1 Å². The maximum absolute atomic E-state index is 12.2. The SMILES string of the molecule is Cc1cc(NC(=O)CCc2c(C)nc3ccccn23)ccc1[N+](=O)[O-]. The molecule has 7 nitrogen and oxygen atoms in total. The maximum Gasteiger partial charge on any atom is 0.272 e. The zero-order chi connectivity index (χ0) is 18.0. The lowest BCUT2D eigenvalue weighted by molar-refractivity contribution is -0.385. The Morgan fingerprint density at radius 1 is 1.28 bits per heavy atom. The van der Waals surface area contributed by atoms with E-state index in [4.69, 9.17) is 0 Å². The average molecular weight is 338 g/mol. The van der Waals surface area contributed by atoms with Crippen LogP contribution in [0.1, 0.15) is 23.4 Å². The molecule has 2 heterocycles. The van der Waals surface area contributed by atoms with Crippen LogP contribution in [-0.2, 0) is 11.2 Å². The van der Waals surface area contributed by atoms with Gasteiger partial charge in [0.05, 0.1) is 10.6 Å². The van der Waals surface area contributed by atoms with Crippen LogP contribution in [0.2, 0.25) is 0 Å². The standard InChI is InChI=1S/C18H18N4O3/c1-12-11-14(6-7-15(12)22(24)25)20-18(23)9-8-16-13(2)19-17-5-3-4-10-21(16)17/h3-7,10-11H,8-9H2,1-2H3,(H,20,23). The number of nitrogens with zero attached hydrogens (tertiary/aromatic N) is 3. The molecule has 0 spiro atoms. The Hall–Kier alpha value is -3.22. The van der Waals surface area contributed by atoms with Gasteiger partial charge in [-0.05, 0) is 44.5 Å². The first-order valence-electron chi connectivity index (χ1n) is 7.93. The second kappa shape index (κ2) is 6.72. The van der Waals surface area contributed by atoms with Crippen LogP contribution in [0.15, 0.2) is 42.6 Å². The first-order chi connectivity index (χ1) is 12.0. The number of aryl methyl sites for hydroxylation is 3. The fraction of sp³-hybridized carbons (Fsp3) is 0.222. The number of aromatic nitrogens is 2. The number of benzene rings is 1. The van der Waals surface area contributed by atoms with Crippen molar-refractivity contribution in [3.63, 3.8) is 0 Å². The molecule has 0 fully saturated rings. The summed E-state index contributed by atoms with van der Waals surface area (Å²) in [5.74, 6) is -0.140. The first kappa shape index (κ1) is 16.6. The third kappa shape index (κ3) is 3.50. The van der Waals surface area contributed by atoms with Crippen molar-refractivity contribution in [2.24, 2.45) is 0 Å². The number of rotatable bonds is 5. The van der Waals surface area contributed by atoms with Gasteiger partial charge in [0.1, 0.15) is 5.65 Å². The van der Waals surface area contributed by atoms with Crippen molar-refractivity contribution in [2.45, 2.75) is 26.7 Å². The summed E-state index contributed by atoms with van der Waals surface area (Å²) in [6, 6.07) is 10.3. The molecule has 0 aliphatic rings. The van der Waals surface area contributed by atoms with Crippen molar-refractivity contribution in [3.8, 4) is 0 Å². The second-order valence-electron chi connectivity index (χ2n) is 5.88. The normalized spacial score (nSPS) is 10.8. The van der Waals surface area contributed by atoms with Gasteiger partial charge in [0.15, 0.2) is 0 Å². The van der Waals surface area contributed by atoms with E-state index >= 15 is 0 Å². The molecule has 25 heavy (non-hydrogen) atoms. The van der Waals surface area contributed by atoms with Gasteiger partial charge in [0.25, 0.3) is 5.69 Å². The van der Waals surface area contributed by atoms with Gasteiger partial charge in [-0.3, -0.25) is 14.9 Å². The Morgan fingerprint density at radius 2 is 2.08 bits per heavy atom. The highest BCUT2D eigenvalue weighted by atomic mass is 16.6. The summed E-state index contributed by atoms with van der Waals surface area (Å²) in [6.07, 6.45) is 2.80. The van der Waals surface area contributed by atoms with E-state index in [2.05, 4.69) is 10.3 Å². The van der Waals surface area contributed by atoms with Gasteiger partial charge in [0.2, 0.25) is 5.91 Å². The first-order valence-corrected chi connectivity index (χ1v) is 7.93. The highest BCUT2D eigenvalue weighted by Gasteiger charge is 2.13. The number of anilines is 1. The third-order valence-corrected chi connectivity index (χ3v) is 4.10. The van der Waals surface area contributed by atoms with Gasteiger partial charge < -0.3 is 9.72 Å². The molecule has 1 N–H and O–H groups in total. The quantitative estimate of drug-likeness (QED) is 0.570. The number of carbonyl (C=O) groups is 1. The predicted molar refractivity (Wildman–Crippen MR) is 94.7 cm³/mol. The van der Waals surface area contributed by atoms with E-state index in [-0.39, 0.29) is 11.6 Å². The van der Waals surface area contributed by atoms with Crippen LogP contribution in [0.4, 0.5) is 11.4 Å². The third-order valence-electron chi connectivity index (χ3n) is 4.10. The number of hydrogen-bond acceptors (Lipinski definition) is 4. The highest BCUT2D eigenvalue weighted by molar-refractivity contribution is 5.91. The summed E-state index contributed by atoms with van der Waals surface area (Å²) in [7, 11) is 0. The minimum Gasteiger partial charge on any atom is -0.326 e. The Balaban J connectivity index is 1.68. The number of carbonyl (C=O) groups excluding carboxylic acids is 1. The Bertz CT molecular complexity index is 962. The number of nitro benzene ring substituents is 1. The van der Waals surface area contributed by atoms with Crippen LogP contribution >= 0.6 is 0 Å². The topological polar surface area (TPSA) is 89.5 Å². The number of amides is 1. The van der Waals surface area contributed by atoms with Gasteiger partial charge in [-0.2, -0.15) is 0 Å². The summed E-state index contributed by atoms with van der Waals surface area (Å²) in [5.41, 5.74) is 3.89. The molecular weight excluding hydrogens is 320 g/mol. The maximum atomic E-state index is 12.2. The Labute approximate surface area is 144 Å². The number of imidazole rings is 1. The van der Waals surface area contributed by atoms with Crippen LogP contribution in [0.3, 0.4) is 0 Å². The molecule has 0 aliphatic carbocycles. The van der Waals surface area contributed by atoms with E-state index in [1.165, 1.54) is 6.07 Å². The summed E-state index contributed by atoms with van der Waals surface area (Å²) >= 11 is 0. The number of nitrogens with one attached hydrogen (secondary N) is 1. The molecule has 0 bridgehead atoms. The van der Waals surface area contributed by atoms with Crippen molar-refractivity contribution >= 4 is 22.9 Å².